The van der Waals surface area contributed by atoms with Gasteiger partial charge in [-0.1, -0.05) is 23.4 Å². The minimum absolute atomic E-state index is 0.119. The van der Waals surface area contributed by atoms with Crippen LogP contribution in [0.3, 0.4) is 0 Å². The second-order valence-corrected chi connectivity index (χ2v) is 6.22. The van der Waals surface area contributed by atoms with E-state index in [0.717, 1.165) is 17.2 Å². The molecule has 1 aromatic heterocycles. The molecule has 1 aromatic carbocycles. The fourth-order valence-electron chi connectivity index (χ4n) is 2.11. The molecule has 0 atom stereocenters. The SMILES string of the molecule is COc1ccc(N=C2SCCN2C(=O)c2ccc(Cl)nc2)cc1. The molecule has 2 aromatic rings. The van der Waals surface area contributed by atoms with Gasteiger partial charge < -0.3 is 4.74 Å². The lowest BCUT2D eigenvalue weighted by Crippen LogP contribution is -2.31. The minimum Gasteiger partial charge on any atom is -0.497 e. The van der Waals surface area contributed by atoms with Crippen LogP contribution in [-0.4, -0.2) is 40.4 Å². The topological polar surface area (TPSA) is 54.8 Å². The molecule has 1 fully saturated rings. The number of benzene rings is 1. The van der Waals surface area contributed by atoms with Gasteiger partial charge in [-0.3, -0.25) is 9.69 Å². The molecule has 2 heterocycles. The Kier molecular flexibility index (Phi) is 4.83. The molecular weight excluding hydrogens is 334 g/mol. The Balaban J connectivity index is 1.82. The molecule has 1 aliphatic heterocycles. The third-order valence-electron chi connectivity index (χ3n) is 3.29. The van der Waals surface area contributed by atoms with E-state index < -0.39 is 0 Å². The van der Waals surface area contributed by atoms with E-state index in [1.807, 2.05) is 24.3 Å². The van der Waals surface area contributed by atoms with E-state index in [0.29, 0.717) is 22.4 Å². The van der Waals surface area contributed by atoms with Crippen LogP contribution in [0.4, 0.5) is 5.69 Å². The highest BCUT2D eigenvalue weighted by Gasteiger charge is 2.26. The van der Waals surface area contributed by atoms with E-state index in [1.54, 1.807) is 35.9 Å². The average molecular weight is 348 g/mol. The predicted molar refractivity (Wildman–Crippen MR) is 92.8 cm³/mol. The summed E-state index contributed by atoms with van der Waals surface area (Å²) in [5.41, 5.74) is 1.28. The number of hydrogen-bond donors (Lipinski definition) is 0. The highest BCUT2D eigenvalue weighted by atomic mass is 35.5. The number of aromatic nitrogens is 1. The Hall–Kier alpha value is -2.05. The molecular formula is C16H14ClN3O2S. The molecule has 0 saturated carbocycles. The summed E-state index contributed by atoms with van der Waals surface area (Å²) >= 11 is 7.32. The van der Waals surface area contributed by atoms with Gasteiger partial charge in [0.05, 0.1) is 18.4 Å². The monoisotopic (exact) mass is 347 g/mol. The average Bonchev–Trinajstić information content (AvgIpc) is 3.04. The van der Waals surface area contributed by atoms with Gasteiger partial charge in [-0.25, -0.2) is 9.98 Å². The van der Waals surface area contributed by atoms with E-state index in [4.69, 9.17) is 16.3 Å². The number of amidine groups is 1. The normalized spacial score (nSPS) is 15.9. The zero-order valence-electron chi connectivity index (χ0n) is 12.4. The lowest BCUT2D eigenvalue weighted by molar-refractivity contribution is 0.0859. The molecule has 7 heteroatoms. The van der Waals surface area contributed by atoms with Crippen molar-refractivity contribution in [1.29, 1.82) is 0 Å². The lowest BCUT2D eigenvalue weighted by atomic mass is 10.2. The van der Waals surface area contributed by atoms with E-state index in [-0.39, 0.29) is 5.91 Å². The number of thioether (sulfide) groups is 1. The zero-order valence-corrected chi connectivity index (χ0v) is 14.0. The number of nitrogens with zero attached hydrogens (tertiary/aromatic N) is 3. The summed E-state index contributed by atoms with van der Waals surface area (Å²) in [7, 11) is 1.62. The van der Waals surface area contributed by atoms with E-state index in [2.05, 4.69) is 9.98 Å². The van der Waals surface area contributed by atoms with Crippen LogP contribution < -0.4 is 4.74 Å². The molecule has 23 heavy (non-hydrogen) atoms. The quantitative estimate of drug-likeness (QED) is 0.796. The van der Waals surface area contributed by atoms with Crippen LogP contribution in [0.25, 0.3) is 0 Å². The summed E-state index contributed by atoms with van der Waals surface area (Å²) in [6.45, 7) is 0.626. The molecule has 3 rings (SSSR count). The van der Waals surface area contributed by atoms with Gasteiger partial charge in [0.2, 0.25) is 0 Å². The molecule has 0 spiro atoms. The van der Waals surface area contributed by atoms with Crippen molar-refractivity contribution >= 4 is 40.1 Å². The van der Waals surface area contributed by atoms with Crippen LogP contribution in [0.5, 0.6) is 5.75 Å². The van der Waals surface area contributed by atoms with Crippen LogP contribution >= 0.6 is 23.4 Å². The predicted octanol–water partition coefficient (Wildman–Crippen LogP) is 3.62. The number of carbonyl (C=O) groups is 1. The van der Waals surface area contributed by atoms with Crippen LogP contribution in [0, 0.1) is 0 Å². The Labute approximate surface area is 143 Å². The number of halogens is 1. The summed E-state index contributed by atoms with van der Waals surface area (Å²) in [6.07, 6.45) is 1.48. The maximum atomic E-state index is 12.6. The number of pyridine rings is 1. The second kappa shape index (κ2) is 7.02. The van der Waals surface area contributed by atoms with Gasteiger partial charge >= 0.3 is 0 Å². The Morgan fingerprint density at radius 2 is 2.09 bits per heavy atom. The van der Waals surface area contributed by atoms with Gasteiger partial charge in [0.15, 0.2) is 5.17 Å². The summed E-state index contributed by atoms with van der Waals surface area (Å²) < 4.78 is 5.13. The van der Waals surface area contributed by atoms with Gasteiger partial charge in [-0.15, -0.1) is 0 Å². The number of rotatable bonds is 3. The number of hydrogen-bond acceptors (Lipinski definition) is 5. The van der Waals surface area contributed by atoms with Crippen LogP contribution in [0.15, 0.2) is 47.6 Å². The third-order valence-corrected chi connectivity index (χ3v) is 4.47. The number of aliphatic imine (C=N–C) groups is 1. The Bertz CT molecular complexity index is 732. The highest BCUT2D eigenvalue weighted by molar-refractivity contribution is 8.14. The molecule has 0 N–H and O–H groups in total. The first kappa shape index (κ1) is 15.8. The smallest absolute Gasteiger partial charge is 0.261 e. The van der Waals surface area contributed by atoms with Crippen molar-refractivity contribution < 1.29 is 9.53 Å². The zero-order chi connectivity index (χ0) is 16.2. The summed E-state index contributed by atoms with van der Waals surface area (Å²) in [6, 6.07) is 10.7. The van der Waals surface area contributed by atoms with Crippen molar-refractivity contribution in [3.8, 4) is 5.75 Å². The van der Waals surface area contributed by atoms with Crippen LogP contribution in [0.1, 0.15) is 10.4 Å². The van der Waals surface area contributed by atoms with E-state index in [9.17, 15) is 4.79 Å². The standard InChI is InChI=1S/C16H14ClN3O2S/c1-22-13-5-3-12(4-6-13)19-16-20(8-9-23-16)15(21)11-2-7-14(17)18-10-11/h2-7,10H,8-9H2,1H3. The molecule has 0 unspecified atom stereocenters. The van der Waals surface area contributed by atoms with Gasteiger partial charge in [-0.05, 0) is 36.4 Å². The molecule has 5 nitrogen and oxygen atoms in total. The fraction of sp³-hybridized carbons (Fsp3) is 0.188. The van der Waals surface area contributed by atoms with Crippen molar-refractivity contribution in [3.63, 3.8) is 0 Å². The minimum atomic E-state index is -0.119. The number of carbonyl (C=O) groups excluding carboxylic acids is 1. The van der Waals surface area contributed by atoms with E-state index >= 15 is 0 Å². The molecule has 1 saturated heterocycles. The lowest BCUT2D eigenvalue weighted by Gasteiger charge is -2.15. The third kappa shape index (κ3) is 3.65. The van der Waals surface area contributed by atoms with Crippen LogP contribution in [0.2, 0.25) is 5.15 Å². The molecule has 118 valence electrons. The molecule has 1 aliphatic rings. The molecule has 1 amide bonds. The Morgan fingerprint density at radius 3 is 2.74 bits per heavy atom. The van der Waals surface area contributed by atoms with Gasteiger partial charge in [0, 0.05) is 18.5 Å². The van der Waals surface area contributed by atoms with Crippen molar-refractivity contribution in [1.82, 2.24) is 9.88 Å². The summed E-state index contributed by atoms with van der Waals surface area (Å²) in [5, 5.41) is 1.06. The van der Waals surface area contributed by atoms with Gasteiger partial charge in [-0.2, -0.15) is 0 Å². The van der Waals surface area contributed by atoms with Crippen molar-refractivity contribution in [2.24, 2.45) is 4.99 Å². The molecule has 0 aliphatic carbocycles. The first-order valence-electron chi connectivity index (χ1n) is 6.96. The highest BCUT2D eigenvalue weighted by Crippen LogP contribution is 2.25. The maximum absolute atomic E-state index is 12.6. The second-order valence-electron chi connectivity index (χ2n) is 4.77. The number of amides is 1. The van der Waals surface area contributed by atoms with Crippen molar-refractivity contribution in [2.45, 2.75) is 0 Å². The number of methoxy groups -OCH3 is 1. The summed E-state index contributed by atoms with van der Waals surface area (Å²) in [5.74, 6) is 1.47. The number of ether oxygens (including phenoxy) is 1. The molecule has 0 bridgehead atoms. The molecule has 0 radical (unpaired) electrons. The van der Waals surface area contributed by atoms with Gasteiger partial charge in [0.1, 0.15) is 10.9 Å². The van der Waals surface area contributed by atoms with E-state index in [1.165, 1.54) is 6.20 Å². The first-order chi connectivity index (χ1) is 11.2. The largest absolute Gasteiger partial charge is 0.497 e. The summed E-state index contributed by atoms with van der Waals surface area (Å²) in [4.78, 5) is 22.8. The fourth-order valence-corrected chi connectivity index (χ4v) is 3.18. The van der Waals surface area contributed by atoms with Crippen molar-refractivity contribution in [2.75, 3.05) is 19.4 Å². The maximum Gasteiger partial charge on any atom is 0.261 e. The Morgan fingerprint density at radius 1 is 1.30 bits per heavy atom. The van der Waals surface area contributed by atoms with Gasteiger partial charge in [0.25, 0.3) is 5.91 Å². The first-order valence-corrected chi connectivity index (χ1v) is 8.33. The van der Waals surface area contributed by atoms with Crippen molar-refractivity contribution in [3.05, 3.63) is 53.3 Å². The van der Waals surface area contributed by atoms with Crippen LogP contribution in [-0.2, 0) is 0 Å².